The van der Waals surface area contributed by atoms with Gasteiger partial charge in [0, 0.05) is 5.75 Å². The average Bonchev–Trinajstić information content (AvgIpc) is 2.89. The van der Waals surface area contributed by atoms with Crippen LogP contribution in [0.5, 0.6) is 5.75 Å². The Kier molecular flexibility index (Phi) is 5.21. The van der Waals surface area contributed by atoms with Crippen molar-refractivity contribution in [3.05, 3.63) is 29.8 Å². The number of carboxylic acids is 1. The van der Waals surface area contributed by atoms with Gasteiger partial charge in [0.15, 0.2) is 0 Å². The molecule has 1 N–H and O–H groups in total. The predicted octanol–water partition coefficient (Wildman–Crippen LogP) is 2.88. The van der Waals surface area contributed by atoms with Crippen molar-refractivity contribution in [2.45, 2.75) is 24.2 Å². The third-order valence-electron chi connectivity index (χ3n) is 3.13. The average molecular weight is 371 g/mol. The molecule has 1 aliphatic rings. The molecule has 1 fully saturated rings. The summed E-state index contributed by atoms with van der Waals surface area (Å²) in [7, 11) is 0. The number of amides is 1. The van der Waals surface area contributed by atoms with Gasteiger partial charge < -0.3 is 14.7 Å². The first-order valence-corrected chi connectivity index (χ1v) is 7.45. The van der Waals surface area contributed by atoms with Gasteiger partial charge in [0.25, 0.3) is 0 Å². The van der Waals surface area contributed by atoms with Crippen LogP contribution in [0.3, 0.4) is 0 Å². The van der Waals surface area contributed by atoms with Crippen LogP contribution in [-0.2, 0) is 9.59 Å². The second-order valence-corrected chi connectivity index (χ2v) is 5.81. The van der Waals surface area contributed by atoms with Crippen LogP contribution in [0.1, 0.15) is 10.9 Å². The lowest BCUT2D eigenvalue weighted by molar-refractivity contribution is -0.189. The number of carboxylic acid groups (broad SMARTS) is 1. The van der Waals surface area contributed by atoms with E-state index in [4.69, 9.17) is 5.11 Å². The Bertz CT molecular complexity index is 639. The Morgan fingerprint density at radius 1 is 1.33 bits per heavy atom. The molecular formula is C13H10F5NO4S. The maximum Gasteiger partial charge on any atom is 0.471 e. The van der Waals surface area contributed by atoms with Crippen LogP contribution in [0.25, 0.3) is 0 Å². The van der Waals surface area contributed by atoms with Crippen molar-refractivity contribution < 1.29 is 41.4 Å². The van der Waals surface area contributed by atoms with Crippen molar-refractivity contribution in [2.75, 3.05) is 5.75 Å². The molecule has 2 atom stereocenters. The van der Waals surface area contributed by atoms with Crippen LogP contribution < -0.4 is 4.74 Å². The van der Waals surface area contributed by atoms with E-state index in [1.165, 1.54) is 18.2 Å². The molecule has 0 bridgehead atoms. The number of hydrogen-bond donors (Lipinski definition) is 1. The second-order valence-electron chi connectivity index (χ2n) is 4.70. The molecule has 132 valence electrons. The first-order valence-electron chi connectivity index (χ1n) is 6.40. The van der Waals surface area contributed by atoms with Gasteiger partial charge in [-0.3, -0.25) is 4.79 Å². The lowest BCUT2D eigenvalue weighted by Gasteiger charge is -2.28. The number of halogens is 5. The van der Waals surface area contributed by atoms with Gasteiger partial charge in [-0.25, -0.2) is 4.79 Å². The van der Waals surface area contributed by atoms with Crippen molar-refractivity contribution in [1.82, 2.24) is 4.90 Å². The van der Waals surface area contributed by atoms with E-state index in [1.807, 2.05) is 0 Å². The van der Waals surface area contributed by atoms with Crippen molar-refractivity contribution in [1.29, 1.82) is 0 Å². The minimum Gasteiger partial charge on any atom is -0.480 e. The molecule has 1 aromatic carbocycles. The summed E-state index contributed by atoms with van der Waals surface area (Å²) in [4.78, 5) is 22.9. The van der Waals surface area contributed by atoms with Gasteiger partial charge in [0.05, 0.1) is 0 Å². The number of nitrogens with zero attached hydrogens (tertiary/aromatic N) is 1. The minimum atomic E-state index is -5.26. The van der Waals surface area contributed by atoms with Gasteiger partial charge in [-0.2, -0.15) is 22.0 Å². The van der Waals surface area contributed by atoms with Crippen molar-refractivity contribution in [3.8, 4) is 5.75 Å². The first-order chi connectivity index (χ1) is 11.1. The van der Waals surface area contributed by atoms with Gasteiger partial charge in [-0.15, -0.1) is 11.8 Å². The number of hydrogen-bond acceptors (Lipinski definition) is 4. The van der Waals surface area contributed by atoms with Crippen molar-refractivity contribution >= 4 is 23.6 Å². The standard InChI is InChI=1S/C13H10F5NO4S/c14-12(15)23-7-3-1-2-6(4-7)9-19(11(22)13(16,17)18)8(5-24-9)10(20)21/h1-4,8-9,12H,5H2,(H,20,21)/t8-,9?/m0/s1. The summed E-state index contributed by atoms with van der Waals surface area (Å²) >= 11 is 0.793. The van der Waals surface area contributed by atoms with E-state index >= 15 is 0 Å². The smallest absolute Gasteiger partial charge is 0.471 e. The van der Waals surface area contributed by atoms with Gasteiger partial charge in [-0.1, -0.05) is 12.1 Å². The zero-order valence-corrected chi connectivity index (χ0v) is 12.5. The van der Waals surface area contributed by atoms with Gasteiger partial charge in [0.1, 0.15) is 17.2 Å². The summed E-state index contributed by atoms with van der Waals surface area (Å²) in [5, 5.41) is 7.76. The lowest BCUT2D eigenvalue weighted by Crippen LogP contribution is -2.48. The van der Waals surface area contributed by atoms with E-state index in [9.17, 15) is 31.5 Å². The zero-order chi connectivity index (χ0) is 18.1. The molecule has 0 aliphatic carbocycles. The number of carbonyl (C=O) groups excluding carboxylic acids is 1. The molecule has 1 heterocycles. The highest BCUT2D eigenvalue weighted by atomic mass is 32.2. The molecule has 1 amide bonds. The summed E-state index contributed by atoms with van der Waals surface area (Å²) in [5.74, 6) is -4.45. The van der Waals surface area contributed by atoms with Crippen molar-refractivity contribution in [2.24, 2.45) is 0 Å². The summed E-state index contributed by atoms with van der Waals surface area (Å²) in [6, 6.07) is 3.10. The van der Waals surface area contributed by atoms with E-state index in [1.54, 1.807) is 0 Å². The van der Waals surface area contributed by atoms with E-state index in [2.05, 4.69) is 4.74 Å². The molecule has 2 rings (SSSR count). The topological polar surface area (TPSA) is 66.8 Å². The fourth-order valence-electron chi connectivity index (χ4n) is 2.19. The molecule has 1 aliphatic heterocycles. The van der Waals surface area contributed by atoms with E-state index in [-0.39, 0.29) is 22.0 Å². The number of benzene rings is 1. The highest BCUT2D eigenvalue weighted by molar-refractivity contribution is 7.99. The van der Waals surface area contributed by atoms with Gasteiger partial charge in [-0.05, 0) is 17.7 Å². The maximum absolute atomic E-state index is 12.8. The normalized spacial score (nSPS) is 21.2. The summed E-state index contributed by atoms with van der Waals surface area (Å²) in [6.45, 7) is -3.13. The molecule has 1 saturated heterocycles. The quantitative estimate of drug-likeness (QED) is 0.825. The molecule has 0 spiro atoms. The summed E-state index contributed by atoms with van der Waals surface area (Å²) in [6.07, 6.45) is -5.26. The zero-order valence-electron chi connectivity index (χ0n) is 11.7. The maximum atomic E-state index is 12.8. The van der Waals surface area contributed by atoms with Crippen LogP contribution in [-0.4, -0.2) is 46.5 Å². The summed E-state index contributed by atoms with van der Waals surface area (Å²) < 4.78 is 66.9. The number of ether oxygens (including phenoxy) is 1. The van der Waals surface area contributed by atoms with Crippen LogP contribution >= 0.6 is 11.8 Å². The molecule has 1 aromatic rings. The van der Waals surface area contributed by atoms with Gasteiger partial charge in [0.2, 0.25) is 0 Å². The second kappa shape index (κ2) is 6.83. The fourth-order valence-corrected chi connectivity index (χ4v) is 3.60. The molecule has 11 heteroatoms. The Morgan fingerprint density at radius 2 is 2.00 bits per heavy atom. The number of rotatable bonds is 4. The van der Waals surface area contributed by atoms with Crippen LogP contribution in [0, 0.1) is 0 Å². The van der Waals surface area contributed by atoms with Gasteiger partial charge >= 0.3 is 24.7 Å². The van der Waals surface area contributed by atoms with E-state index in [0.717, 1.165) is 17.8 Å². The Labute approximate surface area is 136 Å². The minimum absolute atomic E-state index is 0.0551. The highest BCUT2D eigenvalue weighted by Crippen LogP contribution is 2.44. The number of aliphatic carboxylic acids is 1. The van der Waals surface area contributed by atoms with E-state index in [0.29, 0.717) is 0 Å². The Hall–Kier alpha value is -2.04. The lowest BCUT2D eigenvalue weighted by atomic mass is 10.1. The highest BCUT2D eigenvalue weighted by Gasteiger charge is 2.52. The summed E-state index contributed by atoms with van der Waals surface area (Å²) in [5.41, 5.74) is 0.0551. The molecule has 0 saturated carbocycles. The molecule has 0 radical (unpaired) electrons. The largest absolute Gasteiger partial charge is 0.480 e. The molecule has 0 aromatic heterocycles. The third-order valence-corrected chi connectivity index (χ3v) is 4.45. The van der Waals surface area contributed by atoms with E-state index < -0.39 is 36.1 Å². The van der Waals surface area contributed by atoms with Crippen LogP contribution in [0.2, 0.25) is 0 Å². The fraction of sp³-hybridized carbons (Fsp3) is 0.385. The van der Waals surface area contributed by atoms with Crippen molar-refractivity contribution in [3.63, 3.8) is 0 Å². The van der Waals surface area contributed by atoms with Crippen LogP contribution in [0.4, 0.5) is 22.0 Å². The first kappa shape index (κ1) is 18.3. The molecule has 5 nitrogen and oxygen atoms in total. The number of thioether (sulfide) groups is 1. The number of alkyl halides is 5. The monoisotopic (exact) mass is 371 g/mol. The molecular weight excluding hydrogens is 361 g/mol. The Balaban J connectivity index is 2.37. The SMILES string of the molecule is O=C(O)[C@@H]1CSC(c2cccc(OC(F)F)c2)N1C(=O)C(F)(F)F. The van der Waals surface area contributed by atoms with Crippen LogP contribution in [0.15, 0.2) is 24.3 Å². The number of carbonyl (C=O) groups is 2. The Morgan fingerprint density at radius 3 is 2.54 bits per heavy atom. The third kappa shape index (κ3) is 3.89. The predicted molar refractivity (Wildman–Crippen MR) is 72.6 cm³/mol. The molecule has 24 heavy (non-hydrogen) atoms. The molecule has 1 unspecified atom stereocenters.